The van der Waals surface area contributed by atoms with E-state index in [1.54, 1.807) is 28.8 Å². The van der Waals surface area contributed by atoms with Crippen molar-refractivity contribution in [2.24, 2.45) is 0 Å². The number of aromatic nitrogens is 4. The summed E-state index contributed by atoms with van der Waals surface area (Å²) in [4.78, 5) is 42.9. The first-order chi connectivity index (χ1) is 13.9. The molecule has 1 aliphatic rings. The van der Waals surface area contributed by atoms with Gasteiger partial charge in [0.15, 0.2) is 17.0 Å². The van der Waals surface area contributed by atoms with Gasteiger partial charge in [-0.3, -0.25) is 13.9 Å². The van der Waals surface area contributed by atoms with E-state index in [2.05, 4.69) is 20.3 Å². The number of carbonyl (C=O) groups excluding carboxylic acids is 1. The highest BCUT2D eigenvalue weighted by molar-refractivity contribution is 7.51. The molecule has 12 heteroatoms. The van der Waals surface area contributed by atoms with Crippen LogP contribution in [0.2, 0.25) is 0 Å². The summed E-state index contributed by atoms with van der Waals surface area (Å²) < 4.78 is 23.5. The van der Waals surface area contributed by atoms with Crippen molar-refractivity contribution in [1.82, 2.24) is 19.5 Å². The van der Waals surface area contributed by atoms with Gasteiger partial charge in [-0.05, 0) is 12.1 Å². The summed E-state index contributed by atoms with van der Waals surface area (Å²) >= 11 is 0. The third-order valence-electron chi connectivity index (χ3n) is 4.35. The molecule has 152 valence electrons. The van der Waals surface area contributed by atoms with Crippen molar-refractivity contribution in [3.8, 4) is 0 Å². The fraction of sp³-hybridized carbons (Fsp3) is 0.294. The van der Waals surface area contributed by atoms with Crippen LogP contribution >= 0.6 is 7.60 Å². The molecule has 1 fully saturated rings. The van der Waals surface area contributed by atoms with Crippen LogP contribution in [0, 0.1) is 0 Å². The Hall–Kier alpha value is -2.69. The highest BCUT2D eigenvalue weighted by Crippen LogP contribution is 2.36. The van der Waals surface area contributed by atoms with Gasteiger partial charge in [-0.15, -0.1) is 0 Å². The lowest BCUT2D eigenvalue weighted by atomic mass is 10.2. The molecule has 2 atom stereocenters. The van der Waals surface area contributed by atoms with Gasteiger partial charge in [0.25, 0.3) is 5.91 Å². The number of hydrogen-bond donors (Lipinski definition) is 3. The third-order valence-corrected chi connectivity index (χ3v) is 4.84. The van der Waals surface area contributed by atoms with Crippen LogP contribution in [0.5, 0.6) is 0 Å². The second kappa shape index (κ2) is 7.97. The van der Waals surface area contributed by atoms with Crippen LogP contribution in [0.3, 0.4) is 0 Å². The molecule has 4 rings (SSSR count). The normalized spacial score (nSPS) is 19.5. The Balaban J connectivity index is 1.51. The van der Waals surface area contributed by atoms with E-state index in [4.69, 9.17) is 19.3 Å². The molecular formula is C17H18N5O6P. The fourth-order valence-electron chi connectivity index (χ4n) is 3.02. The zero-order valence-electron chi connectivity index (χ0n) is 15.1. The van der Waals surface area contributed by atoms with Gasteiger partial charge in [-0.25, -0.2) is 15.0 Å². The summed E-state index contributed by atoms with van der Waals surface area (Å²) in [7, 11) is -4.24. The first kappa shape index (κ1) is 19.6. The Kier molecular flexibility index (Phi) is 5.39. The molecule has 1 aromatic carbocycles. The van der Waals surface area contributed by atoms with Crippen molar-refractivity contribution in [2.45, 2.75) is 18.8 Å². The summed E-state index contributed by atoms with van der Waals surface area (Å²) in [6.45, 7) is 0.188. The minimum atomic E-state index is -4.24. The Morgan fingerprint density at radius 3 is 2.83 bits per heavy atom. The van der Waals surface area contributed by atoms with E-state index >= 15 is 0 Å². The molecule has 29 heavy (non-hydrogen) atoms. The third kappa shape index (κ3) is 4.50. The number of carbonyl (C=O) groups is 1. The van der Waals surface area contributed by atoms with E-state index < -0.39 is 26.3 Å². The van der Waals surface area contributed by atoms with Gasteiger partial charge in [-0.1, -0.05) is 18.2 Å². The van der Waals surface area contributed by atoms with Crippen molar-refractivity contribution >= 4 is 30.5 Å². The summed E-state index contributed by atoms with van der Waals surface area (Å²) in [5.74, 6) is -0.0435. The van der Waals surface area contributed by atoms with Crippen molar-refractivity contribution in [3.05, 3.63) is 48.5 Å². The number of benzene rings is 1. The number of fused-ring (bicyclic) bond motifs is 1. The Morgan fingerprint density at radius 2 is 2.07 bits per heavy atom. The topological polar surface area (TPSA) is 149 Å². The summed E-state index contributed by atoms with van der Waals surface area (Å²) in [6.07, 6.45) is 1.64. The van der Waals surface area contributed by atoms with Crippen LogP contribution in [0.15, 0.2) is 43.0 Å². The van der Waals surface area contributed by atoms with Crippen molar-refractivity contribution in [1.29, 1.82) is 0 Å². The van der Waals surface area contributed by atoms with Gasteiger partial charge in [0.05, 0.1) is 19.0 Å². The monoisotopic (exact) mass is 419 g/mol. The van der Waals surface area contributed by atoms with Crippen LogP contribution in [0.4, 0.5) is 5.82 Å². The van der Waals surface area contributed by atoms with Crippen LogP contribution < -0.4 is 5.32 Å². The van der Waals surface area contributed by atoms with E-state index in [0.29, 0.717) is 23.1 Å². The number of amides is 1. The molecule has 0 spiro atoms. The zero-order valence-corrected chi connectivity index (χ0v) is 16.0. The average molecular weight is 419 g/mol. The summed E-state index contributed by atoms with van der Waals surface area (Å²) in [6, 6.07) is 8.73. The van der Waals surface area contributed by atoms with E-state index in [9.17, 15) is 9.36 Å². The molecular weight excluding hydrogens is 401 g/mol. The lowest BCUT2D eigenvalue weighted by Gasteiger charge is -2.13. The fourth-order valence-corrected chi connectivity index (χ4v) is 3.42. The van der Waals surface area contributed by atoms with Crippen LogP contribution in [0.25, 0.3) is 11.2 Å². The van der Waals surface area contributed by atoms with Gasteiger partial charge >= 0.3 is 7.60 Å². The Labute approximate surface area is 164 Å². The van der Waals surface area contributed by atoms with Crippen molar-refractivity contribution in [3.63, 3.8) is 0 Å². The molecule has 0 unspecified atom stereocenters. The van der Waals surface area contributed by atoms with E-state index in [0.717, 1.165) is 0 Å². The first-order valence-electron chi connectivity index (χ1n) is 8.72. The molecule has 1 amide bonds. The molecule has 0 saturated carbocycles. The number of rotatable bonds is 6. The van der Waals surface area contributed by atoms with Gasteiger partial charge in [0.2, 0.25) is 0 Å². The molecule has 1 saturated heterocycles. The molecule has 0 bridgehead atoms. The highest BCUT2D eigenvalue weighted by atomic mass is 31.2. The second-order valence-corrected chi connectivity index (χ2v) is 8.06. The Bertz CT molecular complexity index is 1070. The minimum Gasteiger partial charge on any atom is -0.363 e. The van der Waals surface area contributed by atoms with Crippen LogP contribution in [-0.4, -0.2) is 54.3 Å². The van der Waals surface area contributed by atoms with Gasteiger partial charge in [0, 0.05) is 12.0 Å². The molecule has 2 aromatic heterocycles. The smallest absolute Gasteiger partial charge is 0.350 e. The maximum Gasteiger partial charge on any atom is 0.350 e. The molecule has 11 nitrogen and oxygen atoms in total. The molecule has 1 aliphatic heterocycles. The SMILES string of the molecule is O=C(Nc1ncnc2c1ncn2[C@H]1C[C@@H](OCP(=O)(O)O)CO1)c1ccccc1. The quantitative estimate of drug-likeness (QED) is 0.506. The molecule has 3 heterocycles. The van der Waals surface area contributed by atoms with E-state index in [1.165, 1.54) is 12.7 Å². The lowest BCUT2D eigenvalue weighted by Crippen LogP contribution is -2.14. The number of imidazole rings is 1. The minimum absolute atomic E-state index is 0.188. The van der Waals surface area contributed by atoms with Gasteiger partial charge in [0.1, 0.15) is 18.9 Å². The van der Waals surface area contributed by atoms with E-state index in [1.807, 2.05) is 6.07 Å². The predicted molar refractivity (Wildman–Crippen MR) is 101 cm³/mol. The lowest BCUT2D eigenvalue weighted by molar-refractivity contribution is 0.0359. The molecule has 3 N–H and O–H groups in total. The average Bonchev–Trinajstić information content (AvgIpc) is 3.34. The number of hydrogen-bond acceptors (Lipinski definition) is 7. The standard InChI is InChI=1S/C17H18N5O6P/c23-17(11-4-2-1-3-5-11)21-15-14-16(19-8-18-15)22(9-20-14)13-6-12(7-27-13)28-10-29(24,25)26/h1-5,8-9,12-13H,6-7,10H2,(H2,24,25,26)(H,18,19,21,23)/t12-,13-/m1/s1. The van der Waals surface area contributed by atoms with Crippen LogP contribution in [-0.2, 0) is 14.0 Å². The number of anilines is 1. The van der Waals surface area contributed by atoms with E-state index in [-0.39, 0.29) is 18.3 Å². The van der Waals surface area contributed by atoms with Gasteiger partial charge in [-0.2, -0.15) is 0 Å². The first-order valence-corrected chi connectivity index (χ1v) is 10.5. The largest absolute Gasteiger partial charge is 0.363 e. The Morgan fingerprint density at radius 1 is 1.28 bits per heavy atom. The summed E-state index contributed by atoms with van der Waals surface area (Å²) in [5.41, 5.74) is 1.35. The second-order valence-electron chi connectivity index (χ2n) is 6.47. The number of nitrogens with one attached hydrogen (secondary N) is 1. The van der Waals surface area contributed by atoms with Crippen LogP contribution in [0.1, 0.15) is 23.0 Å². The summed E-state index contributed by atoms with van der Waals surface area (Å²) in [5, 5.41) is 2.73. The van der Waals surface area contributed by atoms with Crippen molar-refractivity contribution in [2.75, 3.05) is 18.3 Å². The zero-order chi connectivity index (χ0) is 20.4. The number of nitrogens with zero attached hydrogens (tertiary/aromatic N) is 4. The predicted octanol–water partition coefficient (Wildman–Crippen LogP) is 1.52. The van der Waals surface area contributed by atoms with Gasteiger partial charge < -0.3 is 24.6 Å². The number of ether oxygens (including phenoxy) is 2. The maximum absolute atomic E-state index is 12.4. The highest BCUT2D eigenvalue weighted by Gasteiger charge is 2.31. The molecule has 0 radical (unpaired) electrons. The maximum atomic E-state index is 12.4. The molecule has 3 aromatic rings. The molecule has 0 aliphatic carbocycles. The van der Waals surface area contributed by atoms with Crippen molar-refractivity contribution < 1.29 is 28.6 Å².